The number of H-pyrrole nitrogens is 1. The summed E-state index contributed by atoms with van der Waals surface area (Å²) in [6.45, 7) is 6.02. The molecule has 11 nitrogen and oxygen atoms in total. The fraction of sp³-hybridized carbons (Fsp3) is 0.529. The average molecular weight is 660 g/mol. The number of hydrogen-bond donors (Lipinski definition) is 1. The highest BCUT2D eigenvalue weighted by atomic mass is 35.5. The van der Waals surface area contributed by atoms with Crippen molar-refractivity contribution in [2.75, 3.05) is 64.2 Å². The number of pyridine rings is 1. The Labute approximate surface area is 275 Å². The van der Waals surface area contributed by atoms with Gasteiger partial charge in [-0.15, -0.1) is 0 Å². The van der Waals surface area contributed by atoms with Crippen LogP contribution in [0.2, 0.25) is 5.02 Å². The molecular formula is C34H35ClFN7O4. The maximum atomic E-state index is 17.3. The predicted molar refractivity (Wildman–Crippen MR) is 173 cm³/mol. The summed E-state index contributed by atoms with van der Waals surface area (Å²) in [5.74, 6) is 0.569. The summed E-state index contributed by atoms with van der Waals surface area (Å²) >= 11 is 6.86. The van der Waals surface area contributed by atoms with Crippen molar-refractivity contribution < 1.29 is 23.3 Å². The molecule has 4 saturated heterocycles. The van der Waals surface area contributed by atoms with E-state index in [1.807, 2.05) is 6.07 Å². The standard InChI is InChI=1S/C34H35ClFN7O4/c35-23-9-24-22(11-37-41-24)26(25(23)18-3-4-18)29-28(36)30-27-31(43-7-2-8-44-15-21(43)16-46-32(27)38-29)40-33(39-30)47-17-34-5-1-6-42(34)12-19(10-34)20-13-45-14-20/h9,11,18,21H,1-8,10,12-17H2,(H,37,41)/t21-,34-/m0/s1. The smallest absolute Gasteiger partial charge is 0.319 e. The van der Waals surface area contributed by atoms with Gasteiger partial charge in [0.05, 0.1) is 43.1 Å². The van der Waals surface area contributed by atoms with Gasteiger partial charge in [-0.3, -0.25) is 10.00 Å². The minimum absolute atomic E-state index is 0.115. The third-order valence-electron chi connectivity index (χ3n) is 11.0. The van der Waals surface area contributed by atoms with Crippen molar-refractivity contribution in [3.8, 4) is 23.1 Å². The van der Waals surface area contributed by atoms with Crippen molar-refractivity contribution >= 4 is 39.2 Å². The van der Waals surface area contributed by atoms with Crippen molar-refractivity contribution in [1.29, 1.82) is 0 Å². The normalized spacial score (nSPS) is 25.8. The Hall–Kier alpha value is -3.58. The molecule has 5 aliphatic heterocycles. The van der Waals surface area contributed by atoms with Crippen molar-refractivity contribution in [2.24, 2.45) is 0 Å². The molecule has 0 unspecified atom stereocenters. The third-order valence-corrected chi connectivity index (χ3v) is 11.3. The number of aromatic amines is 1. The number of nitrogens with zero attached hydrogens (tertiary/aromatic N) is 6. The highest BCUT2D eigenvalue weighted by molar-refractivity contribution is 6.33. The Morgan fingerprint density at radius 3 is 2.85 bits per heavy atom. The fourth-order valence-corrected chi connectivity index (χ4v) is 8.71. The lowest BCUT2D eigenvalue weighted by Crippen LogP contribution is -2.43. The Balaban J connectivity index is 1.13. The molecule has 6 aliphatic rings. The molecule has 0 radical (unpaired) electrons. The van der Waals surface area contributed by atoms with Crippen molar-refractivity contribution in [1.82, 2.24) is 30.0 Å². The molecule has 1 saturated carbocycles. The predicted octanol–water partition coefficient (Wildman–Crippen LogP) is 5.17. The number of fused-ring (bicyclic) bond motifs is 4. The summed E-state index contributed by atoms with van der Waals surface area (Å²) < 4.78 is 41.6. The van der Waals surface area contributed by atoms with Gasteiger partial charge >= 0.3 is 6.01 Å². The topological polar surface area (TPSA) is 111 Å². The summed E-state index contributed by atoms with van der Waals surface area (Å²) in [6, 6.07) is 1.92. The lowest BCUT2D eigenvalue weighted by molar-refractivity contribution is 0.100. The molecule has 1 aliphatic carbocycles. The minimum atomic E-state index is -0.546. The average Bonchev–Trinajstić information content (AvgIpc) is 3.63. The second-order valence-corrected chi connectivity index (χ2v) is 14.3. The van der Waals surface area contributed by atoms with Crippen molar-refractivity contribution in [3.63, 3.8) is 0 Å². The van der Waals surface area contributed by atoms with Gasteiger partial charge in [0, 0.05) is 35.7 Å². The van der Waals surface area contributed by atoms with Crippen LogP contribution < -0.4 is 14.4 Å². The van der Waals surface area contributed by atoms with Gasteiger partial charge in [0.1, 0.15) is 35.6 Å². The SMILES string of the molecule is Fc1c(-c2c(C3CC3)c(Cl)cc3[nH]ncc23)nc2c3c(nc(OC[C@@]45CCCN4CC(=C4COC4)C5)nc13)N1CCCOC[C@H]1CO2. The molecule has 244 valence electrons. The summed E-state index contributed by atoms with van der Waals surface area (Å²) in [5, 5.41) is 9.06. The van der Waals surface area contributed by atoms with E-state index in [0.717, 1.165) is 81.3 Å². The second kappa shape index (κ2) is 10.7. The van der Waals surface area contributed by atoms with E-state index in [0.29, 0.717) is 60.6 Å². The lowest BCUT2D eigenvalue weighted by Gasteiger charge is -2.31. The zero-order chi connectivity index (χ0) is 31.3. The van der Waals surface area contributed by atoms with Crippen LogP contribution in [0.15, 0.2) is 23.4 Å². The number of nitrogens with one attached hydrogen (secondary N) is 1. The van der Waals surface area contributed by atoms with Crippen LogP contribution in [0.4, 0.5) is 10.2 Å². The highest BCUT2D eigenvalue weighted by Crippen LogP contribution is 2.51. The van der Waals surface area contributed by atoms with E-state index in [9.17, 15) is 0 Å². The Morgan fingerprint density at radius 1 is 1.09 bits per heavy atom. The van der Waals surface area contributed by atoms with Gasteiger partial charge in [-0.25, -0.2) is 9.37 Å². The molecule has 47 heavy (non-hydrogen) atoms. The molecule has 0 bridgehead atoms. The molecule has 0 spiro atoms. The van der Waals surface area contributed by atoms with Crippen LogP contribution in [0.1, 0.15) is 50.0 Å². The first-order chi connectivity index (χ1) is 23.1. The highest BCUT2D eigenvalue weighted by Gasteiger charge is 2.48. The zero-order valence-electron chi connectivity index (χ0n) is 26.0. The molecular weight excluding hydrogens is 625 g/mol. The molecule has 8 heterocycles. The molecule has 10 rings (SSSR count). The van der Waals surface area contributed by atoms with Crippen LogP contribution in [0, 0.1) is 5.82 Å². The molecule has 1 aromatic carbocycles. The van der Waals surface area contributed by atoms with E-state index in [4.69, 9.17) is 45.5 Å². The van der Waals surface area contributed by atoms with Crippen LogP contribution in [0.3, 0.4) is 0 Å². The van der Waals surface area contributed by atoms with E-state index in [2.05, 4.69) is 20.0 Å². The summed E-state index contributed by atoms with van der Waals surface area (Å²) in [7, 11) is 0. The second-order valence-electron chi connectivity index (χ2n) is 13.9. The number of hydrogen-bond acceptors (Lipinski definition) is 10. The summed E-state index contributed by atoms with van der Waals surface area (Å²) in [4.78, 5) is 19.4. The lowest BCUT2D eigenvalue weighted by atomic mass is 9.91. The minimum Gasteiger partial charge on any atom is -0.475 e. The summed E-state index contributed by atoms with van der Waals surface area (Å²) in [6.07, 6.45) is 7.61. The summed E-state index contributed by atoms with van der Waals surface area (Å²) in [5.41, 5.74) is 5.32. The quantitative estimate of drug-likeness (QED) is 0.288. The van der Waals surface area contributed by atoms with Crippen molar-refractivity contribution in [2.45, 2.75) is 56.0 Å². The molecule has 0 amide bonds. The molecule has 3 aromatic heterocycles. The number of benzene rings is 1. The molecule has 13 heteroatoms. The van der Waals surface area contributed by atoms with E-state index in [1.165, 1.54) is 11.1 Å². The van der Waals surface area contributed by atoms with Crippen LogP contribution in [-0.4, -0.2) is 101 Å². The van der Waals surface area contributed by atoms with Crippen LogP contribution in [-0.2, 0) is 9.47 Å². The first kappa shape index (κ1) is 28.4. The van der Waals surface area contributed by atoms with Crippen LogP contribution in [0.5, 0.6) is 11.9 Å². The maximum absolute atomic E-state index is 17.3. The Bertz CT molecular complexity index is 1980. The number of aromatic nitrogens is 5. The van der Waals surface area contributed by atoms with E-state index < -0.39 is 5.82 Å². The van der Waals surface area contributed by atoms with E-state index in [-0.39, 0.29) is 34.7 Å². The number of ether oxygens (including phenoxy) is 4. The van der Waals surface area contributed by atoms with Gasteiger partial charge in [-0.05, 0) is 68.2 Å². The first-order valence-corrected chi connectivity index (χ1v) is 17.1. The maximum Gasteiger partial charge on any atom is 0.319 e. The van der Waals surface area contributed by atoms with Gasteiger partial charge in [-0.2, -0.15) is 15.1 Å². The molecule has 4 aromatic rings. The Morgan fingerprint density at radius 2 is 2.00 bits per heavy atom. The molecule has 1 N–H and O–H groups in total. The number of anilines is 1. The van der Waals surface area contributed by atoms with Crippen molar-refractivity contribution in [3.05, 3.63) is 39.8 Å². The number of rotatable bonds is 5. The molecule has 5 fully saturated rings. The van der Waals surface area contributed by atoms with Crippen LogP contribution >= 0.6 is 11.6 Å². The largest absolute Gasteiger partial charge is 0.475 e. The van der Waals surface area contributed by atoms with E-state index in [1.54, 1.807) is 6.20 Å². The van der Waals surface area contributed by atoms with Gasteiger partial charge in [0.25, 0.3) is 0 Å². The third kappa shape index (κ3) is 4.48. The van der Waals surface area contributed by atoms with Gasteiger partial charge in [0.2, 0.25) is 5.88 Å². The zero-order valence-corrected chi connectivity index (χ0v) is 26.7. The van der Waals surface area contributed by atoms with E-state index >= 15 is 4.39 Å². The molecule has 2 atom stereocenters. The van der Waals surface area contributed by atoms with Gasteiger partial charge < -0.3 is 23.8 Å². The first-order valence-electron chi connectivity index (χ1n) is 16.8. The van der Waals surface area contributed by atoms with Gasteiger partial charge in [0.15, 0.2) is 5.82 Å². The fourth-order valence-electron chi connectivity index (χ4n) is 8.35. The van der Waals surface area contributed by atoms with Crippen LogP contribution in [0.25, 0.3) is 33.1 Å². The monoisotopic (exact) mass is 659 g/mol. The number of halogens is 2. The van der Waals surface area contributed by atoms with Gasteiger partial charge in [-0.1, -0.05) is 17.2 Å². The Kier molecular flexibility index (Phi) is 6.48.